The molecule has 2 aromatic rings. The van der Waals surface area contributed by atoms with Crippen molar-refractivity contribution >= 4 is 27.7 Å². The predicted octanol–water partition coefficient (Wildman–Crippen LogP) is 2.58. The molecule has 3 rings (SSSR count). The average Bonchev–Trinajstić information content (AvgIpc) is 3.18. The SMILES string of the molecule is O=C(NCc1ccccc1OC(F)(F)F)c1cc(S(=O)(=O)N2CCSCC2)c[nH]1. The van der Waals surface area contributed by atoms with Gasteiger partial charge in [-0.05, 0) is 12.1 Å². The van der Waals surface area contributed by atoms with Crippen LogP contribution in [0, 0.1) is 0 Å². The van der Waals surface area contributed by atoms with Gasteiger partial charge in [0.2, 0.25) is 10.0 Å². The lowest BCUT2D eigenvalue weighted by atomic mass is 10.2. The number of rotatable bonds is 6. The minimum absolute atomic E-state index is 0.0100. The maximum absolute atomic E-state index is 12.6. The van der Waals surface area contributed by atoms with Crippen molar-refractivity contribution in [1.29, 1.82) is 0 Å². The third kappa shape index (κ3) is 5.46. The summed E-state index contributed by atoms with van der Waals surface area (Å²) in [7, 11) is -3.71. The molecule has 2 heterocycles. The highest BCUT2D eigenvalue weighted by molar-refractivity contribution is 7.99. The van der Waals surface area contributed by atoms with Crippen LogP contribution in [0.25, 0.3) is 0 Å². The fourth-order valence-corrected chi connectivity index (χ4v) is 5.31. The molecule has 0 radical (unpaired) electrons. The number of nitrogens with zero attached hydrogens (tertiary/aromatic N) is 1. The molecule has 158 valence electrons. The number of ether oxygens (including phenoxy) is 1. The van der Waals surface area contributed by atoms with Crippen LogP contribution in [0.4, 0.5) is 13.2 Å². The van der Waals surface area contributed by atoms with Gasteiger partial charge in [0, 0.05) is 42.9 Å². The smallest absolute Gasteiger partial charge is 0.405 e. The number of thioether (sulfide) groups is 1. The Balaban J connectivity index is 1.67. The highest BCUT2D eigenvalue weighted by atomic mass is 32.2. The van der Waals surface area contributed by atoms with Crippen molar-refractivity contribution in [3.63, 3.8) is 0 Å². The molecule has 2 N–H and O–H groups in total. The van der Waals surface area contributed by atoms with Gasteiger partial charge in [0.25, 0.3) is 5.91 Å². The second-order valence-corrected chi connectivity index (χ2v) is 9.27. The Morgan fingerprint density at radius 1 is 1.24 bits per heavy atom. The number of para-hydroxylation sites is 1. The topological polar surface area (TPSA) is 91.5 Å². The van der Waals surface area contributed by atoms with Gasteiger partial charge in [0.15, 0.2) is 0 Å². The molecule has 7 nitrogen and oxygen atoms in total. The van der Waals surface area contributed by atoms with Crippen LogP contribution < -0.4 is 10.1 Å². The van der Waals surface area contributed by atoms with E-state index in [1.54, 1.807) is 11.8 Å². The number of halogens is 3. The van der Waals surface area contributed by atoms with E-state index < -0.39 is 28.0 Å². The van der Waals surface area contributed by atoms with E-state index in [4.69, 9.17) is 0 Å². The van der Waals surface area contributed by atoms with E-state index in [1.165, 1.54) is 34.8 Å². The van der Waals surface area contributed by atoms with Crippen LogP contribution in [-0.2, 0) is 16.6 Å². The van der Waals surface area contributed by atoms with Gasteiger partial charge in [0.1, 0.15) is 16.3 Å². The number of aromatic amines is 1. The Morgan fingerprint density at radius 3 is 2.62 bits per heavy atom. The van der Waals surface area contributed by atoms with Gasteiger partial charge in [-0.2, -0.15) is 16.1 Å². The number of carbonyl (C=O) groups is 1. The lowest BCUT2D eigenvalue weighted by Crippen LogP contribution is -2.37. The van der Waals surface area contributed by atoms with Crippen LogP contribution in [0.2, 0.25) is 0 Å². The maximum atomic E-state index is 12.6. The molecule has 1 aromatic heterocycles. The number of sulfonamides is 1. The largest absolute Gasteiger partial charge is 0.573 e. The minimum atomic E-state index is -4.85. The highest BCUT2D eigenvalue weighted by Crippen LogP contribution is 2.26. The lowest BCUT2D eigenvalue weighted by molar-refractivity contribution is -0.274. The number of benzene rings is 1. The first kappa shape index (κ1) is 21.5. The van der Waals surface area contributed by atoms with Gasteiger partial charge in [-0.15, -0.1) is 13.2 Å². The van der Waals surface area contributed by atoms with Crippen LogP contribution in [0.3, 0.4) is 0 Å². The summed E-state index contributed by atoms with van der Waals surface area (Å²) in [4.78, 5) is 14.9. The summed E-state index contributed by atoms with van der Waals surface area (Å²) < 4.78 is 68.0. The summed E-state index contributed by atoms with van der Waals surface area (Å²) >= 11 is 1.67. The Hall–Kier alpha value is -2.18. The summed E-state index contributed by atoms with van der Waals surface area (Å²) in [6, 6.07) is 6.64. The molecule has 0 atom stereocenters. The Morgan fingerprint density at radius 2 is 1.93 bits per heavy atom. The number of hydrogen-bond acceptors (Lipinski definition) is 5. The standard InChI is InChI=1S/C17H18F3N3O4S2/c18-17(19,20)27-15-4-2-1-3-12(15)10-22-16(24)14-9-13(11-21-14)29(25,26)23-5-7-28-8-6-23/h1-4,9,11,21H,5-8,10H2,(H,22,24). The van der Waals surface area contributed by atoms with E-state index in [0.29, 0.717) is 24.6 Å². The summed E-state index contributed by atoms with van der Waals surface area (Å²) in [6.45, 7) is 0.570. The number of alkyl halides is 3. The van der Waals surface area contributed by atoms with Gasteiger partial charge in [0.05, 0.1) is 0 Å². The summed E-state index contributed by atoms with van der Waals surface area (Å²) in [5, 5.41) is 2.46. The zero-order chi connectivity index (χ0) is 21.1. The van der Waals surface area contributed by atoms with Crippen LogP contribution in [0.1, 0.15) is 16.1 Å². The van der Waals surface area contributed by atoms with Crippen molar-refractivity contribution in [1.82, 2.24) is 14.6 Å². The van der Waals surface area contributed by atoms with Crippen LogP contribution in [-0.4, -0.2) is 54.6 Å². The molecule has 29 heavy (non-hydrogen) atoms. The third-order valence-electron chi connectivity index (χ3n) is 4.15. The number of hydrogen-bond donors (Lipinski definition) is 2. The summed E-state index contributed by atoms with van der Waals surface area (Å²) in [5.74, 6) is 0.341. The quantitative estimate of drug-likeness (QED) is 0.708. The first-order valence-corrected chi connectivity index (χ1v) is 11.1. The average molecular weight is 449 g/mol. The van der Waals surface area contributed by atoms with E-state index in [1.807, 2.05) is 0 Å². The Labute approximate surface area is 169 Å². The molecule has 0 spiro atoms. The van der Waals surface area contributed by atoms with Gasteiger partial charge < -0.3 is 15.0 Å². The molecule has 1 fully saturated rings. The van der Waals surface area contributed by atoms with Crippen molar-refractivity contribution in [3.05, 3.63) is 47.8 Å². The summed E-state index contributed by atoms with van der Waals surface area (Å²) in [5.41, 5.74) is 0.118. The fourth-order valence-electron chi connectivity index (χ4n) is 2.74. The molecule has 1 amide bonds. The molecule has 12 heteroatoms. The van der Waals surface area contributed by atoms with Crippen LogP contribution >= 0.6 is 11.8 Å². The zero-order valence-corrected chi connectivity index (χ0v) is 16.7. The molecule has 1 aliphatic heterocycles. The molecular formula is C17H18F3N3O4S2. The zero-order valence-electron chi connectivity index (χ0n) is 15.0. The Kier molecular flexibility index (Phi) is 6.44. The number of aromatic nitrogens is 1. The Bertz CT molecular complexity index is 970. The van der Waals surface area contributed by atoms with Crippen molar-refractivity contribution in [2.75, 3.05) is 24.6 Å². The maximum Gasteiger partial charge on any atom is 0.573 e. The lowest BCUT2D eigenvalue weighted by Gasteiger charge is -2.24. The minimum Gasteiger partial charge on any atom is -0.405 e. The summed E-state index contributed by atoms with van der Waals surface area (Å²) in [6.07, 6.45) is -3.62. The second kappa shape index (κ2) is 8.67. The van der Waals surface area contributed by atoms with E-state index >= 15 is 0 Å². The monoisotopic (exact) mass is 449 g/mol. The number of H-pyrrole nitrogens is 1. The third-order valence-corrected chi connectivity index (χ3v) is 6.97. The van der Waals surface area contributed by atoms with E-state index in [-0.39, 0.29) is 22.7 Å². The fraction of sp³-hybridized carbons (Fsp3) is 0.353. The normalized spacial score (nSPS) is 15.8. The molecule has 0 saturated carbocycles. The van der Waals surface area contributed by atoms with Gasteiger partial charge >= 0.3 is 6.36 Å². The first-order valence-electron chi connectivity index (χ1n) is 8.55. The number of carbonyl (C=O) groups excluding carboxylic acids is 1. The van der Waals surface area contributed by atoms with Gasteiger partial charge in [-0.25, -0.2) is 8.42 Å². The van der Waals surface area contributed by atoms with Crippen molar-refractivity contribution < 1.29 is 31.1 Å². The molecule has 1 saturated heterocycles. The van der Waals surface area contributed by atoms with E-state index in [0.717, 1.165) is 6.07 Å². The van der Waals surface area contributed by atoms with Gasteiger partial charge in [-0.3, -0.25) is 4.79 Å². The van der Waals surface area contributed by atoms with Crippen LogP contribution in [0.15, 0.2) is 41.4 Å². The molecule has 0 unspecified atom stereocenters. The van der Waals surface area contributed by atoms with Gasteiger partial charge in [-0.1, -0.05) is 18.2 Å². The second-order valence-electron chi connectivity index (χ2n) is 6.10. The molecular weight excluding hydrogens is 431 g/mol. The molecule has 1 aliphatic rings. The predicted molar refractivity (Wildman–Crippen MR) is 101 cm³/mol. The van der Waals surface area contributed by atoms with Crippen molar-refractivity contribution in [3.8, 4) is 5.75 Å². The highest BCUT2D eigenvalue weighted by Gasteiger charge is 2.32. The van der Waals surface area contributed by atoms with Crippen LogP contribution in [0.5, 0.6) is 5.75 Å². The van der Waals surface area contributed by atoms with Crippen molar-refractivity contribution in [2.24, 2.45) is 0 Å². The number of nitrogens with one attached hydrogen (secondary N) is 2. The van der Waals surface area contributed by atoms with E-state index in [9.17, 15) is 26.4 Å². The molecule has 1 aromatic carbocycles. The molecule has 0 aliphatic carbocycles. The van der Waals surface area contributed by atoms with E-state index in [2.05, 4.69) is 15.0 Å². The number of amides is 1. The first-order chi connectivity index (χ1) is 13.7. The van der Waals surface area contributed by atoms with Crippen molar-refractivity contribution in [2.45, 2.75) is 17.8 Å². The molecule has 0 bridgehead atoms.